The van der Waals surface area contributed by atoms with E-state index in [1.165, 1.54) is 12.1 Å². The molecule has 46 heavy (non-hydrogen) atoms. The summed E-state index contributed by atoms with van der Waals surface area (Å²) in [7, 11) is 1.94. The Morgan fingerprint density at radius 3 is 2.28 bits per heavy atom. The van der Waals surface area contributed by atoms with Crippen molar-refractivity contribution in [3.8, 4) is 0 Å². The number of rotatable bonds is 11. The van der Waals surface area contributed by atoms with Crippen molar-refractivity contribution in [1.82, 2.24) is 30.7 Å². The molecule has 4 atom stereocenters. The summed E-state index contributed by atoms with van der Waals surface area (Å²) in [5.41, 5.74) is 0.645. The molecular formula is C32H45F2N7O5. The van der Waals surface area contributed by atoms with Gasteiger partial charge >= 0.3 is 0 Å². The number of nitrogens with zero attached hydrogens (tertiary/aromatic N) is 4. The number of likely N-dealkylation sites (N-methyl/N-ethyl adjacent to an activating group) is 1. The SMILES string of the molecule is CCc1nonc1C(=O)N[C@H](C(=O)Nc1ccc([C@H](C)[C@@H](NC(=O)[C@@H](C)F)C(=O)N2CCN(C)CC2)cc1F)[C@H]1CC[C@H](C)CC1. The molecule has 1 aromatic carbocycles. The highest BCUT2D eigenvalue weighted by Gasteiger charge is 2.36. The van der Waals surface area contributed by atoms with Gasteiger partial charge in [0.25, 0.3) is 11.8 Å². The molecular weight excluding hydrogens is 600 g/mol. The van der Waals surface area contributed by atoms with E-state index in [4.69, 9.17) is 4.63 Å². The Morgan fingerprint density at radius 2 is 1.67 bits per heavy atom. The highest BCUT2D eigenvalue weighted by atomic mass is 19.1. The number of anilines is 1. The van der Waals surface area contributed by atoms with Crippen LogP contribution in [0.5, 0.6) is 0 Å². The highest BCUT2D eigenvalue weighted by Crippen LogP contribution is 2.32. The van der Waals surface area contributed by atoms with Gasteiger partial charge in [-0.15, -0.1) is 0 Å². The van der Waals surface area contributed by atoms with E-state index < -0.39 is 47.7 Å². The Labute approximate surface area is 268 Å². The second-order valence-electron chi connectivity index (χ2n) is 12.6. The second-order valence-corrected chi connectivity index (χ2v) is 12.6. The van der Waals surface area contributed by atoms with Gasteiger partial charge < -0.3 is 25.8 Å². The smallest absolute Gasteiger partial charge is 0.276 e. The standard InChI is InChI=1S/C32H45F2N7O5/c1-6-24-28(39-46-38-24)31(44)37-27(21-9-7-18(2)8-10-21)30(43)35-25-12-11-22(17-23(25)34)19(3)26(36-29(42)20(4)33)32(45)41-15-13-40(5)14-16-41/h11-12,17-21,26-27H,6-10,13-16H2,1-5H3,(H,35,43)(H,36,42)(H,37,44)/t18-,19-,20+,21-,26+,27-/m0/s1. The summed E-state index contributed by atoms with van der Waals surface area (Å²) < 4.78 is 34.2. The van der Waals surface area contributed by atoms with Crippen LogP contribution in [0.1, 0.15) is 81.0 Å². The number of hydrogen-bond donors (Lipinski definition) is 3. The molecule has 3 N–H and O–H groups in total. The molecule has 2 fully saturated rings. The summed E-state index contributed by atoms with van der Waals surface area (Å²) in [6.07, 6.45) is 1.79. The molecule has 0 radical (unpaired) electrons. The van der Waals surface area contributed by atoms with Gasteiger partial charge in [0.15, 0.2) is 11.9 Å². The molecule has 252 valence electrons. The van der Waals surface area contributed by atoms with Crippen LogP contribution in [0.15, 0.2) is 22.8 Å². The minimum Gasteiger partial charge on any atom is -0.341 e. The average Bonchev–Trinajstić information content (AvgIpc) is 3.52. The number of nitrogens with one attached hydrogen (secondary N) is 3. The summed E-state index contributed by atoms with van der Waals surface area (Å²) in [6, 6.07) is 2.06. The van der Waals surface area contributed by atoms with Crippen molar-refractivity contribution in [2.24, 2.45) is 11.8 Å². The van der Waals surface area contributed by atoms with E-state index in [-0.39, 0.29) is 23.2 Å². The summed E-state index contributed by atoms with van der Waals surface area (Å²) >= 11 is 0. The summed E-state index contributed by atoms with van der Waals surface area (Å²) in [5, 5.41) is 15.4. The molecule has 2 aromatic rings. The zero-order valence-corrected chi connectivity index (χ0v) is 27.1. The Balaban J connectivity index is 1.53. The number of aromatic nitrogens is 2. The lowest BCUT2D eigenvalue weighted by molar-refractivity contribution is -0.139. The zero-order chi connectivity index (χ0) is 33.5. The predicted molar refractivity (Wildman–Crippen MR) is 166 cm³/mol. The summed E-state index contributed by atoms with van der Waals surface area (Å²) in [5.74, 6) is -3.62. The van der Waals surface area contributed by atoms with Gasteiger partial charge in [-0.05, 0) is 67.9 Å². The van der Waals surface area contributed by atoms with Crippen LogP contribution in [0.3, 0.4) is 0 Å². The Morgan fingerprint density at radius 1 is 1.00 bits per heavy atom. The van der Waals surface area contributed by atoms with Crippen molar-refractivity contribution < 1.29 is 32.6 Å². The molecule has 1 saturated heterocycles. The third-order valence-electron chi connectivity index (χ3n) is 9.22. The molecule has 1 aliphatic carbocycles. The third-order valence-corrected chi connectivity index (χ3v) is 9.22. The van der Waals surface area contributed by atoms with Crippen molar-refractivity contribution in [3.05, 3.63) is 41.0 Å². The van der Waals surface area contributed by atoms with Crippen LogP contribution in [0.2, 0.25) is 0 Å². The first-order chi connectivity index (χ1) is 21.9. The zero-order valence-electron chi connectivity index (χ0n) is 27.1. The fourth-order valence-electron chi connectivity index (χ4n) is 6.05. The lowest BCUT2D eigenvalue weighted by Crippen LogP contribution is -2.56. The molecule has 4 rings (SSSR count). The van der Waals surface area contributed by atoms with Crippen LogP contribution in [0.4, 0.5) is 14.5 Å². The molecule has 2 heterocycles. The molecule has 4 amide bonds. The summed E-state index contributed by atoms with van der Waals surface area (Å²) in [6.45, 7) is 8.89. The van der Waals surface area contributed by atoms with Crippen molar-refractivity contribution in [3.63, 3.8) is 0 Å². The minimum atomic E-state index is -1.83. The maximum absolute atomic E-state index is 15.6. The number of halogens is 2. The van der Waals surface area contributed by atoms with Crippen LogP contribution >= 0.6 is 0 Å². The first kappa shape index (κ1) is 34.9. The predicted octanol–water partition coefficient (Wildman–Crippen LogP) is 3.05. The number of piperazine rings is 1. The number of amides is 4. The van der Waals surface area contributed by atoms with Crippen LogP contribution < -0.4 is 16.0 Å². The van der Waals surface area contributed by atoms with E-state index in [0.717, 1.165) is 19.8 Å². The Bertz CT molecular complexity index is 1390. The largest absolute Gasteiger partial charge is 0.341 e. The van der Waals surface area contributed by atoms with Gasteiger partial charge in [0.2, 0.25) is 11.8 Å². The first-order valence-electron chi connectivity index (χ1n) is 16.0. The number of aryl methyl sites for hydroxylation is 1. The monoisotopic (exact) mass is 645 g/mol. The number of carbonyl (C=O) groups excluding carboxylic acids is 4. The van der Waals surface area contributed by atoms with Gasteiger partial charge in [0.1, 0.15) is 23.6 Å². The summed E-state index contributed by atoms with van der Waals surface area (Å²) in [4.78, 5) is 56.3. The number of hydrogen-bond acceptors (Lipinski definition) is 8. The molecule has 1 saturated carbocycles. The van der Waals surface area contributed by atoms with E-state index in [1.54, 1.807) is 24.8 Å². The number of benzene rings is 1. The van der Waals surface area contributed by atoms with Crippen LogP contribution in [-0.2, 0) is 20.8 Å². The lowest BCUT2D eigenvalue weighted by Gasteiger charge is -2.36. The van der Waals surface area contributed by atoms with Crippen molar-refractivity contribution in [2.45, 2.75) is 84.0 Å². The maximum atomic E-state index is 15.6. The van der Waals surface area contributed by atoms with Gasteiger partial charge in [0, 0.05) is 32.1 Å². The van der Waals surface area contributed by atoms with E-state index in [9.17, 15) is 23.6 Å². The van der Waals surface area contributed by atoms with Gasteiger partial charge in [-0.1, -0.05) is 44.8 Å². The maximum Gasteiger partial charge on any atom is 0.276 e. The Kier molecular flexibility index (Phi) is 11.8. The minimum absolute atomic E-state index is 0.00363. The first-order valence-corrected chi connectivity index (χ1v) is 16.0. The third kappa shape index (κ3) is 8.45. The fourth-order valence-corrected chi connectivity index (χ4v) is 6.05. The van der Waals surface area contributed by atoms with E-state index >= 15 is 4.39 Å². The molecule has 14 heteroatoms. The fraction of sp³-hybridized carbons (Fsp3) is 0.625. The lowest BCUT2D eigenvalue weighted by atomic mass is 9.79. The molecule has 2 aliphatic rings. The van der Waals surface area contributed by atoms with Crippen molar-refractivity contribution in [2.75, 3.05) is 38.5 Å². The van der Waals surface area contributed by atoms with Gasteiger partial charge in [0.05, 0.1) is 5.69 Å². The van der Waals surface area contributed by atoms with Crippen LogP contribution in [-0.4, -0.2) is 95.2 Å². The van der Waals surface area contributed by atoms with Gasteiger partial charge in [-0.25, -0.2) is 13.4 Å². The second kappa shape index (κ2) is 15.6. The molecule has 1 aromatic heterocycles. The topological polar surface area (TPSA) is 150 Å². The normalized spacial score (nSPS) is 21.5. The molecule has 1 aliphatic heterocycles. The van der Waals surface area contributed by atoms with Crippen molar-refractivity contribution >= 4 is 29.3 Å². The molecule has 0 bridgehead atoms. The average molecular weight is 646 g/mol. The number of carbonyl (C=O) groups is 4. The molecule has 12 nitrogen and oxygen atoms in total. The van der Waals surface area contributed by atoms with Crippen LogP contribution in [0.25, 0.3) is 0 Å². The number of alkyl halides is 1. The van der Waals surface area contributed by atoms with Crippen molar-refractivity contribution in [1.29, 1.82) is 0 Å². The Hall–Kier alpha value is -3.94. The van der Waals surface area contributed by atoms with Gasteiger partial charge in [-0.3, -0.25) is 19.2 Å². The van der Waals surface area contributed by atoms with E-state index in [1.807, 2.05) is 7.05 Å². The quantitative estimate of drug-likeness (QED) is 0.338. The van der Waals surface area contributed by atoms with E-state index in [2.05, 4.69) is 38.1 Å². The van der Waals surface area contributed by atoms with Crippen LogP contribution in [0, 0.1) is 17.7 Å². The molecule has 0 unspecified atom stereocenters. The van der Waals surface area contributed by atoms with Gasteiger partial charge in [-0.2, -0.15) is 0 Å². The molecule has 0 spiro atoms. The van der Waals surface area contributed by atoms with E-state index in [0.29, 0.717) is 62.6 Å². The highest BCUT2D eigenvalue weighted by molar-refractivity contribution is 6.01.